The third kappa shape index (κ3) is 4.06. The van der Waals surface area contributed by atoms with Crippen LogP contribution in [-0.2, 0) is 9.09 Å². The molecule has 1 aliphatic heterocycles. The average molecular weight is 277 g/mol. The predicted octanol–water partition coefficient (Wildman–Crippen LogP) is 1.92. The zero-order valence-electron chi connectivity index (χ0n) is 12.8. The normalized spacial score (nSPS) is 22.8. The molecule has 0 saturated carbocycles. The fourth-order valence-electron chi connectivity index (χ4n) is 1.98. The van der Waals surface area contributed by atoms with Crippen LogP contribution in [0.4, 0.5) is 0 Å². The van der Waals surface area contributed by atoms with E-state index in [1.165, 1.54) is 0 Å². The molecule has 1 heterocycles. The number of rotatable bonds is 3. The summed E-state index contributed by atoms with van der Waals surface area (Å²) in [5.74, 6) is 0. The molecule has 2 N–H and O–H groups in total. The second-order valence-corrected chi connectivity index (χ2v) is 10.6. The highest BCUT2D eigenvalue weighted by Gasteiger charge is 2.45. The molecule has 0 aromatic carbocycles. The molecule has 0 aromatic heterocycles. The van der Waals surface area contributed by atoms with Gasteiger partial charge in [-0.2, -0.15) is 0 Å². The van der Waals surface area contributed by atoms with Gasteiger partial charge < -0.3 is 9.84 Å². The lowest BCUT2D eigenvalue weighted by Gasteiger charge is -2.41. The Labute approximate surface area is 112 Å². The summed E-state index contributed by atoms with van der Waals surface area (Å²) in [4.78, 5) is 0. The van der Waals surface area contributed by atoms with Gasteiger partial charge in [-0.05, 0) is 26.2 Å². The zero-order chi connectivity index (χ0) is 14.0. The molecule has 1 aliphatic rings. The van der Waals surface area contributed by atoms with E-state index in [0.29, 0.717) is 6.61 Å². The monoisotopic (exact) mass is 277 g/mol. The Morgan fingerprint density at radius 1 is 1.11 bits per heavy atom. The minimum atomic E-state index is -2.76. The molecule has 1 saturated heterocycles. The summed E-state index contributed by atoms with van der Waals surface area (Å²) in [5.41, 5.74) is 0.0445. The fraction of sp³-hybridized carbons (Fsp3) is 1.00. The predicted molar refractivity (Wildman–Crippen MR) is 76.0 cm³/mol. The van der Waals surface area contributed by atoms with Gasteiger partial charge in [-0.15, -0.1) is 0 Å². The largest absolute Gasteiger partial charge is 0.344 e. The van der Waals surface area contributed by atoms with Crippen LogP contribution in [0.15, 0.2) is 0 Å². The van der Waals surface area contributed by atoms with E-state index < -0.39 is 7.52 Å². The van der Waals surface area contributed by atoms with Crippen molar-refractivity contribution in [2.75, 3.05) is 32.8 Å². The lowest BCUT2D eigenvalue weighted by atomic mass is 9.99. The number of hydrogen-bond acceptors (Lipinski definition) is 2. The van der Waals surface area contributed by atoms with Gasteiger partial charge in [0.1, 0.15) is 0 Å². The first-order chi connectivity index (χ1) is 8.06. The van der Waals surface area contributed by atoms with Crippen molar-refractivity contribution in [2.24, 2.45) is 5.41 Å². The molecule has 0 spiro atoms. The molecular formula is C13H30N2O2P+. The van der Waals surface area contributed by atoms with E-state index in [4.69, 9.17) is 4.52 Å². The Bertz CT molecular complexity index is 312. The Hall–Kier alpha value is 0.110. The van der Waals surface area contributed by atoms with Crippen molar-refractivity contribution in [1.29, 1.82) is 0 Å². The summed E-state index contributed by atoms with van der Waals surface area (Å²) in [6, 6.07) is 0. The van der Waals surface area contributed by atoms with Crippen molar-refractivity contribution in [2.45, 2.75) is 46.7 Å². The number of nitrogens with two attached hydrogens (primary N) is 1. The van der Waals surface area contributed by atoms with Crippen LogP contribution in [0.5, 0.6) is 0 Å². The second-order valence-electron chi connectivity index (χ2n) is 7.35. The maximum absolute atomic E-state index is 13.3. The molecule has 4 nitrogen and oxygen atoms in total. The third-order valence-corrected chi connectivity index (χ3v) is 6.39. The van der Waals surface area contributed by atoms with Crippen LogP contribution < -0.4 is 5.32 Å². The van der Waals surface area contributed by atoms with Crippen LogP contribution in [0, 0.1) is 5.41 Å². The van der Waals surface area contributed by atoms with Crippen molar-refractivity contribution in [3.05, 3.63) is 0 Å². The van der Waals surface area contributed by atoms with Gasteiger partial charge in [-0.1, -0.05) is 20.8 Å². The van der Waals surface area contributed by atoms with Crippen molar-refractivity contribution in [1.82, 2.24) is 4.67 Å². The van der Waals surface area contributed by atoms with E-state index in [2.05, 4.69) is 30.8 Å². The first-order valence-electron chi connectivity index (χ1n) is 6.88. The topological polar surface area (TPSA) is 46.1 Å². The molecule has 1 fully saturated rings. The van der Waals surface area contributed by atoms with Crippen molar-refractivity contribution < 1.29 is 14.4 Å². The van der Waals surface area contributed by atoms with Crippen molar-refractivity contribution in [3.8, 4) is 0 Å². The van der Waals surface area contributed by atoms with Crippen LogP contribution in [0.1, 0.15) is 41.5 Å². The maximum atomic E-state index is 13.3. The van der Waals surface area contributed by atoms with Gasteiger partial charge in [0.25, 0.3) is 7.52 Å². The van der Waals surface area contributed by atoms with Crippen LogP contribution in [0.25, 0.3) is 0 Å². The minimum absolute atomic E-state index is 0.0445. The molecular weight excluding hydrogens is 247 g/mol. The van der Waals surface area contributed by atoms with Gasteiger partial charge in [-0.25, -0.2) is 4.67 Å². The van der Waals surface area contributed by atoms with Gasteiger partial charge in [0.05, 0.1) is 37.9 Å². The number of hydrogen-bond donors (Lipinski definition) is 1. The van der Waals surface area contributed by atoms with Gasteiger partial charge in [-0.3, -0.25) is 4.57 Å². The van der Waals surface area contributed by atoms with Gasteiger partial charge in [0, 0.05) is 0 Å². The average Bonchev–Trinajstić information content (AvgIpc) is 2.24. The molecule has 0 radical (unpaired) electrons. The van der Waals surface area contributed by atoms with Crippen molar-refractivity contribution >= 4 is 7.52 Å². The number of nitrogens with zero attached hydrogens (tertiary/aromatic N) is 1. The maximum Gasteiger partial charge on any atom is 0.278 e. The first-order valence-corrected chi connectivity index (χ1v) is 8.46. The summed E-state index contributed by atoms with van der Waals surface area (Å²) in [6.45, 7) is 16.7. The van der Waals surface area contributed by atoms with E-state index in [1.54, 1.807) is 0 Å². The SMILES string of the molecule is CC(C)(C)COP(=O)(N1CC[NH2+]CC1)C(C)(C)C. The van der Waals surface area contributed by atoms with Crippen LogP contribution in [0.3, 0.4) is 0 Å². The molecule has 0 amide bonds. The molecule has 5 heteroatoms. The molecule has 1 atom stereocenters. The smallest absolute Gasteiger partial charge is 0.278 e. The Morgan fingerprint density at radius 3 is 2.00 bits per heavy atom. The Balaban J connectivity index is 2.85. The second kappa shape index (κ2) is 5.62. The summed E-state index contributed by atoms with van der Waals surface area (Å²) < 4.78 is 21.4. The lowest BCUT2D eigenvalue weighted by Crippen LogP contribution is -2.89. The summed E-state index contributed by atoms with van der Waals surface area (Å²) in [7, 11) is -2.76. The van der Waals surface area contributed by atoms with Gasteiger partial charge in [0.15, 0.2) is 0 Å². The Kier molecular flexibility index (Phi) is 5.05. The fourth-order valence-corrected chi connectivity index (χ4v) is 4.70. The highest BCUT2D eigenvalue weighted by molar-refractivity contribution is 7.58. The quantitative estimate of drug-likeness (QED) is 0.802. The summed E-state index contributed by atoms with van der Waals surface area (Å²) >= 11 is 0. The zero-order valence-corrected chi connectivity index (χ0v) is 13.7. The lowest BCUT2D eigenvalue weighted by molar-refractivity contribution is -0.661. The van der Waals surface area contributed by atoms with Gasteiger partial charge in [0.2, 0.25) is 0 Å². The first kappa shape index (κ1) is 16.2. The molecule has 0 aliphatic carbocycles. The molecule has 0 bridgehead atoms. The molecule has 1 rings (SSSR count). The van der Waals surface area contributed by atoms with E-state index in [0.717, 1.165) is 26.2 Å². The third-order valence-electron chi connectivity index (χ3n) is 3.08. The minimum Gasteiger partial charge on any atom is -0.344 e. The van der Waals surface area contributed by atoms with E-state index in [-0.39, 0.29) is 10.6 Å². The highest BCUT2D eigenvalue weighted by atomic mass is 31.2. The molecule has 108 valence electrons. The van der Waals surface area contributed by atoms with E-state index in [9.17, 15) is 4.57 Å². The van der Waals surface area contributed by atoms with Crippen LogP contribution in [-0.4, -0.2) is 42.6 Å². The van der Waals surface area contributed by atoms with E-state index >= 15 is 0 Å². The highest BCUT2D eigenvalue weighted by Crippen LogP contribution is 2.61. The standard InChI is InChI=1S/C13H29N2O2P/c1-12(2,3)11-17-18(16,13(4,5)6)15-9-7-14-8-10-15/h14H,7-11H2,1-6H3/p+1. The molecule has 18 heavy (non-hydrogen) atoms. The number of quaternary nitrogens is 1. The summed E-state index contributed by atoms with van der Waals surface area (Å²) in [6.07, 6.45) is 0. The van der Waals surface area contributed by atoms with Crippen LogP contribution >= 0.6 is 7.52 Å². The molecule has 1 unspecified atom stereocenters. The van der Waals surface area contributed by atoms with Crippen LogP contribution in [0.2, 0.25) is 0 Å². The summed E-state index contributed by atoms with van der Waals surface area (Å²) in [5, 5.41) is 1.95. The number of piperazine rings is 1. The Morgan fingerprint density at radius 2 is 1.61 bits per heavy atom. The van der Waals surface area contributed by atoms with Gasteiger partial charge >= 0.3 is 0 Å². The molecule has 0 aromatic rings. The van der Waals surface area contributed by atoms with Crippen molar-refractivity contribution in [3.63, 3.8) is 0 Å². The van der Waals surface area contributed by atoms with E-state index in [1.807, 2.05) is 20.8 Å².